The van der Waals surface area contributed by atoms with Gasteiger partial charge in [0.2, 0.25) is 0 Å². The SMILES string of the molecule is NC(=O)c1cnccc1OCC1CCCO1. The highest BCUT2D eigenvalue weighted by Crippen LogP contribution is 2.18. The topological polar surface area (TPSA) is 74.4 Å². The van der Waals surface area contributed by atoms with Crippen LogP contribution in [-0.2, 0) is 4.74 Å². The molecule has 1 saturated heterocycles. The third-order valence-electron chi connectivity index (χ3n) is 2.50. The van der Waals surface area contributed by atoms with E-state index in [0.29, 0.717) is 17.9 Å². The zero-order chi connectivity index (χ0) is 11.4. The summed E-state index contributed by atoms with van der Waals surface area (Å²) in [7, 11) is 0. The second-order valence-electron chi connectivity index (χ2n) is 3.68. The van der Waals surface area contributed by atoms with E-state index in [2.05, 4.69) is 4.98 Å². The molecule has 2 rings (SSSR count). The number of hydrogen-bond donors (Lipinski definition) is 1. The molecule has 1 amide bonds. The molecule has 86 valence electrons. The Morgan fingerprint density at radius 1 is 1.69 bits per heavy atom. The van der Waals surface area contributed by atoms with Gasteiger partial charge in [0, 0.05) is 19.0 Å². The number of ether oxygens (including phenoxy) is 2. The summed E-state index contributed by atoms with van der Waals surface area (Å²) >= 11 is 0. The Hall–Kier alpha value is -1.62. The van der Waals surface area contributed by atoms with Gasteiger partial charge in [0.1, 0.15) is 12.4 Å². The van der Waals surface area contributed by atoms with Gasteiger partial charge in [-0.15, -0.1) is 0 Å². The van der Waals surface area contributed by atoms with Crippen LogP contribution in [0.4, 0.5) is 0 Å². The van der Waals surface area contributed by atoms with E-state index < -0.39 is 5.91 Å². The molecule has 0 bridgehead atoms. The van der Waals surface area contributed by atoms with Gasteiger partial charge in [-0.1, -0.05) is 0 Å². The number of carbonyl (C=O) groups is 1. The zero-order valence-corrected chi connectivity index (χ0v) is 8.89. The minimum atomic E-state index is -0.532. The lowest BCUT2D eigenvalue weighted by Crippen LogP contribution is -2.19. The minimum Gasteiger partial charge on any atom is -0.490 e. The van der Waals surface area contributed by atoms with E-state index in [9.17, 15) is 4.79 Å². The van der Waals surface area contributed by atoms with Crippen molar-refractivity contribution in [2.75, 3.05) is 13.2 Å². The van der Waals surface area contributed by atoms with Crippen LogP contribution in [0.5, 0.6) is 5.75 Å². The van der Waals surface area contributed by atoms with Crippen molar-refractivity contribution in [2.45, 2.75) is 18.9 Å². The summed E-state index contributed by atoms with van der Waals surface area (Å²) in [5, 5.41) is 0. The quantitative estimate of drug-likeness (QED) is 0.815. The maximum Gasteiger partial charge on any atom is 0.254 e. The highest BCUT2D eigenvalue weighted by Gasteiger charge is 2.17. The number of amides is 1. The van der Waals surface area contributed by atoms with Gasteiger partial charge in [0.25, 0.3) is 5.91 Å². The normalized spacial score (nSPS) is 19.6. The minimum absolute atomic E-state index is 0.119. The molecule has 0 aliphatic carbocycles. The molecule has 0 radical (unpaired) electrons. The molecule has 0 saturated carbocycles. The summed E-state index contributed by atoms with van der Waals surface area (Å²) in [6.07, 6.45) is 5.16. The third kappa shape index (κ3) is 2.49. The number of nitrogens with zero attached hydrogens (tertiary/aromatic N) is 1. The average molecular weight is 222 g/mol. The second-order valence-corrected chi connectivity index (χ2v) is 3.68. The van der Waals surface area contributed by atoms with E-state index in [0.717, 1.165) is 19.4 Å². The molecule has 5 heteroatoms. The van der Waals surface area contributed by atoms with Crippen LogP contribution in [0.3, 0.4) is 0 Å². The average Bonchev–Trinajstić information content (AvgIpc) is 2.79. The van der Waals surface area contributed by atoms with E-state index in [1.807, 2.05) is 0 Å². The number of pyridine rings is 1. The summed E-state index contributed by atoms with van der Waals surface area (Å²) < 4.78 is 10.9. The summed E-state index contributed by atoms with van der Waals surface area (Å²) in [6.45, 7) is 1.23. The summed E-state index contributed by atoms with van der Waals surface area (Å²) in [5.74, 6) is -0.0616. The van der Waals surface area contributed by atoms with E-state index in [1.165, 1.54) is 6.20 Å². The van der Waals surface area contributed by atoms with Gasteiger partial charge in [0.05, 0.1) is 11.7 Å². The van der Waals surface area contributed by atoms with Crippen molar-refractivity contribution in [3.8, 4) is 5.75 Å². The van der Waals surface area contributed by atoms with Crippen LogP contribution in [-0.4, -0.2) is 30.2 Å². The molecule has 0 aromatic carbocycles. The van der Waals surface area contributed by atoms with Crippen LogP contribution in [0.1, 0.15) is 23.2 Å². The van der Waals surface area contributed by atoms with Crippen LogP contribution in [0.2, 0.25) is 0 Å². The Balaban J connectivity index is 2.00. The number of aromatic nitrogens is 1. The predicted octanol–water partition coefficient (Wildman–Crippen LogP) is 0.738. The summed E-state index contributed by atoms with van der Waals surface area (Å²) in [4.78, 5) is 14.9. The largest absolute Gasteiger partial charge is 0.490 e. The van der Waals surface area contributed by atoms with Crippen molar-refractivity contribution in [1.29, 1.82) is 0 Å². The molecule has 5 nitrogen and oxygen atoms in total. The first-order chi connectivity index (χ1) is 7.77. The van der Waals surface area contributed by atoms with Crippen molar-refractivity contribution in [2.24, 2.45) is 5.73 Å². The molecule has 1 atom stereocenters. The van der Waals surface area contributed by atoms with Gasteiger partial charge in [-0.05, 0) is 18.9 Å². The third-order valence-corrected chi connectivity index (χ3v) is 2.50. The lowest BCUT2D eigenvalue weighted by Gasteiger charge is -2.12. The molecule has 16 heavy (non-hydrogen) atoms. The Morgan fingerprint density at radius 3 is 3.25 bits per heavy atom. The first kappa shape index (κ1) is 10.9. The van der Waals surface area contributed by atoms with E-state index in [4.69, 9.17) is 15.2 Å². The van der Waals surface area contributed by atoms with Gasteiger partial charge in [-0.2, -0.15) is 0 Å². The highest BCUT2D eigenvalue weighted by molar-refractivity contribution is 5.95. The summed E-state index contributed by atoms with van der Waals surface area (Å²) in [5.41, 5.74) is 5.51. The molecule has 0 spiro atoms. The molecular weight excluding hydrogens is 208 g/mol. The maximum atomic E-state index is 11.1. The Labute approximate surface area is 93.6 Å². The maximum absolute atomic E-state index is 11.1. The molecular formula is C11H14N2O3. The van der Waals surface area contributed by atoms with Gasteiger partial charge in [0.15, 0.2) is 0 Å². The molecule has 1 aromatic rings. The lowest BCUT2D eigenvalue weighted by molar-refractivity contribution is 0.0672. The fourth-order valence-electron chi connectivity index (χ4n) is 1.65. The Kier molecular flexibility index (Phi) is 3.36. The highest BCUT2D eigenvalue weighted by atomic mass is 16.5. The van der Waals surface area contributed by atoms with Crippen LogP contribution >= 0.6 is 0 Å². The number of rotatable bonds is 4. The lowest BCUT2D eigenvalue weighted by atomic mass is 10.2. The van der Waals surface area contributed by atoms with Crippen molar-refractivity contribution < 1.29 is 14.3 Å². The number of carbonyl (C=O) groups excluding carboxylic acids is 1. The Bertz CT molecular complexity index is 375. The molecule has 2 heterocycles. The predicted molar refractivity (Wildman–Crippen MR) is 57.2 cm³/mol. The summed E-state index contributed by atoms with van der Waals surface area (Å²) in [6, 6.07) is 1.63. The number of nitrogens with two attached hydrogens (primary N) is 1. The molecule has 2 N–H and O–H groups in total. The van der Waals surface area contributed by atoms with Crippen molar-refractivity contribution in [1.82, 2.24) is 4.98 Å². The first-order valence-electron chi connectivity index (χ1n) is 5.25. The second kappa shape index (κ2) is 4.94. The zero-order valence-electron chi connectivity index (χ0n) is 8.89. The fourth-order valence-corrected chi connectivity index (χ4v) is 1.65. The van der Waals surface area contributed by atoms with Crippen LogP contribution < -0.4 is 10.5 Å². The van der Waals surface area contributed by atoms with Crippen LogP contribution in [0.25, 0.3) is 0 Å². The van der Waals surface area contributed by atoms with Gasteiger partial charge in [-0.25, -0.2) is 0 Å². The van der Waals surface area contributed by atoms with Crippen LogP contribution in [0.15, 0.2) is 18.5 Å². The van der Waals surface area contributed by atoms with E-state index in [1.54, 1.807) is 12.3 Å². The molecule has 1 aromatic heterocycles. The smallest absolute Gasteiger partial charge is 0.254 e. The van der Waals surface area contributed by atoms with Gasteiger partial charge >= 0.3 is 0 Å². The number of primary amides is 1. The monoisotopic (exact) mass is 222 g/mol. The van der Waals surface area contributed by atoms with E-state index in [-0.39, 0.29) is 6.10 Å². The standard InChI is InChI=1S/C11H14N2O3/c12-11(14)9-6-13-4-3-10(9)16-7-8-2-1-5-15-8/h3-4,6,8H,1-2,5,7H2,(H2,12,14). The van der Waals surface area contributed by atoms with Crippen molar-refractivity contribution >= 4 is 5.91 Å². The molecule has 1 aliphatic heterocycles. The van der Waals surface area contributed by atoms with E-state index >= 15 is 0 Å². The van der Waals surface area contributed by atoms with Crippen molar-refractivity contribution in [3.05, 3.63) is 24.0 Å². The van der Waals surface area contributed by atoms with Crippen LogP contribution in [0, 0.1) is 0 Å². The fraction of sp³-hybridized carbons (Fsp3) is 0.455. The molecule has 1 aliphatic rings. The van der Waals surface area contributed by atoms with Crippen molar-refractivity contribution in [3.63, 3.8) is 0 Å². The first-order valence-corrected chi connectivity index (χ1v) is 5.25. The van der Waals surface area contributed by atoms with Gasteiger partial charge in [-0.3, -0.25) is 9.78 Å². The van der Waals surface area contributed by atoms with Gasteiger partial charge < -0.3 is 15.2 Å². The molecule has 1 unspecified atom stereocenters. The Morgan fingerprint density at radius 2 is 2.56 bits per heavy atom. The number of hydrogen-bond acceptors (Lipinski definition) is 4. The molecule has 1 fully saturated rings.